The van der Waals surface area contributed by atoms with E-state index in [4.69, 9.17) is 17.0 Å². The fraction of sp³-hybridized carbons (Fsp3) is 0.429. The molecule has 0 radical (unpaired) electrons. The summed E-state index contributed by atoms with van der Waals surface area (Å²) in [4.78, 5) is 9.99. The highest BCUT2D eigenvalue weighted by Gasteiger charge is 2.05. The summed E-state index contributed by atoms with van der Waals surface area (Å²) in [7, 11) is 0. The summed E-state index contributed by atoms with van der Waals surface area (Å²) >= 11 is 5.37. The van der Waals surface area contributed by atoms with E-state index >= 15 is 0 Å². The standard InChI is InChI=1S/C7H10ClNO/c1-5(2)6(3-4-10)7(8)9/h3-5,9H,1-2H3/b6-3+,9-7?. The zero-order valence-electron chi connectivity index (χ0n) is 6.02. The molecule has 2 nitrogen and oxygen atoms in total. The lowest BCUT2D eigenvalue weighted by atomic mass is 10.0. The highest BCUT2D eigenvalue weighted by atomic mass is 35.5. The van der Waals surface area contributed by atoms with Gasteiger partial charge in [-0.2, -0.15) is 0 Å². The molecule has 0 aromatic rings. The van der Waals surface area contributed by atoms with Crippen LogP contribution in [-0.2, 0) is 4.79 Å². The second-order valence-electron chi connectivity index (χ2n) is 2.23. The number of halogens is 1. The van der Waals surface area contributed by atoms with Gasteiger partial charge in [0.05, 0.1) is 0 Å². The SMILES string of the molecule is CC(C)/C(=C\C=O)C(=N)Cl. The Bertz CT molecular complexity index is 172. The van der Waals surface area contributed by atoms with Gasteiger partial charge in [-0.1, -0.05) is 25.4 Å². The van der Waals surface area contributed by atoms with Crippen LogP contribution in [0.1, 0.15) is 13.8 Å². The maximum absolute atomic E-state index is 9.99. The van der Waals surface area contributed by atoms with Crippen LogP contribution in [0.3, 0.4) is 0 Å². The first kappa shape index (κ1) is 9.37. The first-order valence-corrected chi connectivity index (χ1v) is 3.37. The van der Waals surface area contributed by atoms with Gasteiger partial charge >= 0.3 is 0 Å². The van der Waals surface area contributed by atoms with Crippen LogP contribution in [-0.4, -0.2) is 11.5 Å². The van der Waals surface area contributed by atoms with Crippen LogP contribution in [0.4, 0.5) is 0 Å². The van der Waals surface area contributed by atoms with Crippen LogP contribution >= 0.6 is 11.6 Å². The quantitative estimate of drug-likeness (QED) is 0.382. The number of carbonyl (C=O) groups is 1. The fourth-order valence-electron chi connectivity index (χ4n) is 0.592. The minimum absolute atomic E-state index is 0.0536. The lowest BCUT2D eigenvalue weighted by Crippen LogP contribution is -2.01. The minimum atomic E-state index is -0.0536. The zero-order chi connectivity index (χ0) is 8.15. The average Bonchev–Trinajstić information content (AvgIpc) is 1.81. The third-order valence-corrected chi connectivity index (χ3v) is 1.34. The maximum atomic E-state index is 9.99. The van der Waals surface area contributed by atoms with Gasteiger partial charge < -0.3 is 0 Å². The summed E-state index contributed by atoms with van der Waals surface area (Å²) in [5.74, 6) is 0.134. The Balaban J connectivity index is 4.41. The van der Waals surface area contributed by atoms with Gasteiger partial charge in [0, 0.05) is 0 Å². The Morgan fingerprint density at radius 1 is 1.60 bits per heavy atom. The molecule has 0 heterocycles. The van der Waals surface area contributed by atoms with Crippen molar-refractivity contribution in [3.05, 3.63) is 11.6 Å². The van der Waals surface area contributed by atoms with Gasteiger partial charge in [-0.15, -0.1) is 0 Å². The van der Waals surface area contributed by atoms with Crippen LogP contribution < -0.4 is 0 Å². The van der Waals surface area contributed by atoms with Gasteiger partial charge in [0.2, 0.25) is 0 Å². The molecule has 0 bridgehead atoms. The van der Waals surface area contributed by atoms with E-state index in [2.05, 4.69) is 0 Å². The van der Waals surface area contributed by atoms with Gasteiger partial charge in [-0.25, -0.2) is 0 Å². The Hall–Kier alpha value is -0.630. The molecule has 0 aliphatic heterocycles. The lowest BCUT2D eigenvalue weighted by molar-refractivity contribution is -0.104. The molecule has 0 atom stereocenters. The number of allylic oxidation sites excluding steroid dienone is 2. The van der Waals surface area contributed by atoms with E-state index in [0.29, 0.717) is 11.9 Å². The number of nitrogens with one attached hydrogen (secondary N) is 1. The molecular weight excluding hydrogens is 150 g/mol. The molecule has 0 unspecified atom stereocenters. The van der Waals surface area contributed by atoms with E-state index in [-0.39, 0.29) is 11.1 Å². The van der Waals surface area contributed by atoms with E-state index in [0.717, 1.165) is 0 Å². The summed E-state index contributed by atoms with van der Waals surface area (Å²) in [5.41, 5.74) is 0.580. The van der Waals surface area contributed by atoms with E-state index in [1.165, 1.54) is 6.08 Å². The molecule has 0 aromatic carbocycles. The molecule has 0 saturated carbocycles. The van der Waals surface area contributed by atoms with Gasteiger partial charge in [-0.05, 0) is 17.6 Å². The molecule has 3 heteroatoms. The molecule has 10 heavy (non-hydrogen) atoms. The topological polar surface area (TPSA) is 40.9 Å². The number of hydrogen-bond donors (Lipinski definition) is 1. The molecule has 1 N–H and O–H groups in total. The molecule has 56 valence electrons. The van der Waals surface area contributed by atoms with E-state index in [9.17, 15) is 4.79 Å². The van der Waals surface area contributed by atoms with Gasteiger partial charge in [0.25, 0.3) is 0 Å². The second kappa shape index (κ2) is 4.23. The Morgan fingerprint density at radius 3 is 2.20 bits per heavy atom. The van der Waals surface area contributed by atoms with Crippen molar-refractivity contribution < 1.29 is 4.79 Å². The predicted molar refractivity (Wildman–Crippen MR) is 42.6 cm³/mol. The van der Waals surface area contributed by atoms with E-state index in [1.54, 1.807) is 0 Å². The van der Waals surface area contributed by atoms with Crippen molar-refractivity contribution in [1.82, 2.24) is 0 Å². The normalized spacial score (nSPS) is 11.8. The van der Waals surface area contributed by atoms with Crippen molar-refractivity contribution >= 4 is 23.1 Å². The van der Waals surface area contributed by atoms with Crippen LogP contribution in [0, 0.1) is 11.3 Å². The zero-order valence-corrected chi connectivity index (χ0v) is 6.77. The van der Waals surface area contributed by atoms with Gasteiger partial charge in [-0.3, -0.25) is 10.2 Å². The van der Waals surface area contributed by atoms with E-state index < -0.39 is 0 Å². The molecule has 0 spiro atoms. The summed E-state index contributed by atoms with van der Waals surface area (Å²) in [6, 6.07) is 0. The van der Waals surface area contributed by atoms with Crippen LogP contribution in [0.2, 0.25) is 0 Å². The van der Waals surface area contributed by atoms with Crippen molar-refractivity contribution in [2.24, 2.45) is 5.92 Å². The third kappa shape index (κ3) is 2.78. The molecule has 0 saturated heterocycles. The second-order valence-corrected chi connectivity index (χ2v) is 2.60. The molecular formula is C7H10ClNO. The van der Waals surface area contributed by atoms with E-state index in [1.807, 2.05) is 13.8 Å². The first-order valence-electron chi connectivity index (χ1n) is 2.99. The van der Waals surface area contributed by atoms with Gasteiger partial charge in [0.15, 0.2) is 0 Å². The molecule has 0 amide bonds. The average molecular weight is 160 g/mol. The molecule has 0 aliphatic rings. The van der Waals surface area contributed by atoms with Crippen molar-refractivity contribution in [2.45, 2.75) is 13.8 Å². The van der Waals surface area contributed by atoms with Gasteiger partial charge in [0.1, 0.15) is 11.5 Å². The number of carbonyl (C=O) groups excluding carboxylic acids is 1. The fourth-order valence-corrected chi connectivity index (χ4v) is 0.874. The van der Waals surface area contributed by atoms with Crippen molar-refractivity contribution in [1.29, 1.82) is 5.41 Å². The van der Waals surface area contributed by atoms with Crippen LogP contribution in [0.5, 0.6) is 0 Å². The Kier molecular flexibility index (Phi) is 3.96. The summed E-state index contributed by atoms with van der Waals surface area (Å²) < 4.78 is 0. The maximum Gasteiger partial charge on any atom is 0.143 e. The summed E-state index contributed by atoms with van der Waals surface area (Å²) in [5, 5.41) is 6.97. The first-order chi connectivity index (χ1) is 4.59. The third-order valence-electron chi connectivity index (χ3n) is 1.12. The Labute approximate surface area is 65.4 Å². The van der Waals surface area contributed by atoms with Crippen LogP contribution in [0.25, 0.3) is 0 Å². The van der Waals surface area contributed by atoms with Crippen molar-refractivity contribution in [3.63, 3.8) is 0 Å². The number of hydrogen-bond acceptors (Lipinski definition) is 2. The number of aldehydes is 1. The molecule has 0 rings (SSSR count). The highest BCUT2D eigenvalue weighted by Crippen LogP contribution is 2.11. The minimum Gasteiger partial charge on any atom is -0.299 e. The smallest absolute Gasteiger partial charge is 0.143 e. The monoisotopic (exact) mass is 159 g/mol. The summed E-state index contributed by atoms with van der Waals surface area (Å²) in [6.45, 7) is 3.76. The van der Waals surface area contributed by atoms with Crippen molar-refractivity contribution in [3.8, 4) is 0 Å². The number of rotatable bonds is 3. The van der Waals surface area contributed by atoms with Crippen LogP contribution in [0.15, 0.2) is 11.6 Å². The molecule has 0 aromatic heterocycles. The molecule has 0 fully saturated rings. The lowest BCUT2D eigenvalue weighted by Gasteiger charge is -2.04. The highest BCUT2D eigenvalue weighted by molar-refractivity contribution is 6.68. The predicted octanol–water partition coefficient (Wildman–Crippen LogP) is 1.98. The Morgan fingerprint density at radius 2 is 2.10 bits per heavy atom. The van der Waals surface area contributed by atoms with Crippen molar-refractivity contribution in [2.75, 3.05) is 0 Å². The molecule has 0 aliphatic carbocycles. The summed E-state index contributed by atoms with van der Waals surface area (Å²) in [6.07, 6.45) is 1.96. The largest absolute Gasteiger partial charge is 0.299 e.